The molecule has 1 aliphatic heterocycles. The summed E-state index contributed by atoms with van der Waals surface area (Å²) in [7, 11) is 0. The summed E-state index contributed by atoms with van der Waals surface area (Å²) in [6, 6.07) is 3.86. The lowest BCUT2D eigenvalue weighted by Gasteiger charge is -2.26. The minimum absolute atomic E-state index is 0.530. The first-order chi connectivity index (χ1) is 12.6. The number of aromatic nitrogens is 3. The molecule has 0 spiro atoms. The zero-order chi connectivity index (χ0) is 18.1. The second-order valence-corrected chi connectivity index (χ2v) is 6.82. The molecule has 0 atom stereocenters. The second-order valence-electron chi connectivity index (χ2n) is 6.82. The van der Waals surface area contributed by atoms with Crippen LogP contribution in [0.5, 0.6) is 0 Å². The normalized spacial score (nSPS) is 15.8. The highest BCUT2D eigenvalue weighted by Gasteiger charge is 2.17. The van der Waals surface area contributed by atoms with Gasteiger partial charge in [-0.05, 0) is 31.5 Å². The summed E-state index contributed by atoms with van der Waals surface area (Å²) in [5, 5.41) is 9.63. The lowest BCUT2D eigenvalue weighted by molar-refractivity contribution is 0.0362. The first-order valence-electron chi connectivity index (χ1n) is 9.07. The van der Waals surface area contributed by atoms with Crippen molar-refractivity contribution in [2.75, 3.05) is 32.8 Å². The molecule has 3 aromatic heterocycles. The van der Waals surface area contributed by atoms with Crippen molar-refractivity contribution < 1.29 is 9.15 Å². The van der Waals surface area contributed by atoms with Gasteiger partial charge in [-0.3, -0.25) is 10.3 Å². The summed E-state index contributed by atoms with van der Waals surface area (Å²) in [6.45, 7) is 9.98. The molecule has 0 aromatic carbocycles. The SMILES string of the molecule is Cc1c(C)n(Cc2ccco2)c2ncn(CCN3CCOCC3)c(=N)c12. The number of nitrogens with one attached hydrogen (secondary N) is 1. The number of hydrogen-bond acceptors (Lipinski definition) is 5. The fourth-order valence-electron chi connectivity index (χ4n) is 3.58. The molecule has 0 radical (unpaired) electrons. The molecule has 4 heterocycles. The van der Waals surface area contributed by atoms with Crippen LogP contribution in [0.1, 0.15) is 17.0 Å². The van der Waals surface area contributed by atoms with Gasteiger partial charge in [-0.25, -0.2) is 4.98 Å². The van der Waals surface area contributed by atoms with Crippen LogP contribution in [0.15, 0.2) is 29.1 Å². The van der Waals surface area contributed by atoms with Gasteiger partial charge in [0.05, 0.1) is 37.7 Å². The minimum atomic E-state index is 0.530. The number of hydrogen-bond donors (Lipinski definition) is 1. The number of aryl methyl sites for hydroxylation is 1. The summed E-state index contributed by atoms with van der Waals surface area (Å²) in [6.07, 6.45) is 3.48. The summed E-state index contributed by atoms with van der Waals surface area (Å²) < 4.78 is 15.0. The molecule has 0 aliphatic carbocycles. The van der Waals surface area contributed by atoms with Gasteiger partial charge in [0, 0.05) is 31.9 Å². The lowest BCUT2D eigenvalue weighted by atomic mass is 10.2. The summed E-state index contributed by atoms with van der Waals surface area (Å²) in [5.74, 6) is 0.891. The van der Waals surface area contributed by atoms with E-state index in [2.05, 4.69) is 28.3 Å². The molecule has 0 bridgehead atoms. The van der Waals surface area contributed by atoms with Crippen LogP contribution in [-0.4, -0.2) is 51.9 Å². The molecule has 7 heteroatoms. The van der Waals surface area contributed by atoms with Crippen molar-refractivity contribution in [3.8, 4) is 0 Å². The first kappa shape index (κ1) is 17.1. The number of furan rings is 1. The van der Waals surface area contributed by atoms with Crippen LogP contribution in [-0.2, 0) is 17.8 Å². The van der Waals surface area contributed by atoms with E-state index in [-0.39, 0.29) is 0 Å². The van der Waals surface area contributed by atoms with Gasteiger partial charge in [0.25, 0.3) is 0 Å². The standard InChI is InChI=1S/C19H25N5O2/c1-14-15(2)24(12-16-4-3-9-26-16)19-17(14)18(20)23(13-21-19)6-5-22-7-10-25-11-8-22/h3-4,9,13,20H,5-8,10-12H2,1-2H3. The van der Waals surface area contributed by atoms with Crippen molar-refractivity contribution in [1.29, 1.82) is 5.41 Å². The predicted octanol–water partition coefficient (Wildman–Crippen LogP) is 1.91. The molecule has 138 valence electrons. The van der Waals surface area contributed by atoms with E-state index in [1.165, 1.54) is 0 Å². The second kappa shape index (κ2) is 7.09. The van der Waals surface area contributed by atoms with Crippen LogP contribution in [0.25, 0.3) is 11.0 Å². The Kier molecular flexibility index (Phi) is 4.65. The number of ether oxygens (including phenoxy) is 1. The Labute approximate surface area is 152 Å². The molecule has 1 aliphatic rings. The third kappa shape index (κ3) is 3.08. The van der Waals surface area contributed by atoms with Crippen molar-refractivity contribution in [2.45, 2.75) is 26.9 Å². The van der Waals surface area contributed by atoms with E-state index in [4.69, 9.17) is 14.6 Å². The molecule has 7 nitrogen and oxygen atoms in total. The van der Waals surface area contributed by atoms with Crippen molar-refractivity contribution in [1.82, 2.24) is 19.0 Å². The highest BCUT2D eigenvalue weighted by Crippen LogP contribution is 2.22. The Hall–Kier alpha value is -2.38. The molecule has 26 heavy (non-hydrogen) atoms. The van der Waals surface area contributed by atoms with Crippen LogP contribution >= 0.6 is 0 Å². The molecule has 0 saturated carbocycles. The highest BCUT2D eigenvalue weighted by molar-refractivity contribution is 5.80. The molecular weight excluding hydrogens is 330 g/mol. The minimum Gasteiger partial charge on any atom is -0.467 e. The summed E-state index contributed by atoms with van der Waals surface area (Å²) >= 11 is 0. The Morgan fingerprint density at radius 3 is 2.73 bits per heavy atom. The van der Waals surface area contributed by atoms with Crippen LogP contribution in [0.3, 0.4) is 0 Å². The zero-order valence-corrected chi connectivity index (χ0v) is 15.4. The average molecular weight is 355 g/mol. The highest BCUT2D eigenvalue weighted by atomic mass is 16.5. The predicted molar refractivity (Wildman–Crippen MR) is 98.1 cm³/mol. The quantitative estimate of drug-likeness (QED) is 0.759. The van der Waals surface area contributed by atoms with Crippen LogP contribution in [0.2, 0.25) is 0 Å². The summed E-state index contributed by atoms with van der Waals surface area (Å²) in [5.41, 5.74) is 3.62. The molecule has 1 N–H and O–H groups in total. The van der Waals surface area contributed by atoms with E-state index in [1.54, 1.807) is 12.6 Å². The maximum atomic E-state index is 8.70. The van der Waals surface area contributed by atoms with E-state index >= 15 is 0 Å². The van der Waals surface area contributed by atoms with Gasteiger partial charge >= 0.3 is 0 Å². The topological polar surface area (TPSA) is 72.2 Å². The fraction of sp³-hybridized carbons (Fsp3) is 0.474. The lowest BCUT2D eigenvalue weighted by Crippen LogP contribution is -2.39. The number of morpholine rings is 1. The van der Waals surface area contributed by atoms with E-state index < -0.39 is 0 Å². The molecule has 3 aromatic rings. The summed E-state index contributed by atoms with van der Waals surface area (Å²) in [4.78, 5) is 7.06. The van der Waals surface area contributed by atoms with Crippen molar-refractivity contribution >= 4 is 11.0 Å². The largest absolute Gasteiger partial charge is 0.467 e. The van der Waals surface area contributed by atoms with Gasteiger partial charge in [0.2, 0.25) is 0 Å². The Bertz CT molecular complexity index is 949. The van der Waals surface area contributed by atoms with E-state index in [0.717, 1.165) is 67.4 Å². The molecule has 0 amide bonds. The number of fused-ring (bicyclic) bond motifs is 1. The molecule has 0 unspecified atom stereocenters. The van der Waals surface area contributed by atoms with Gasteiger partial charge in [0.15, 0.2) is 0 Å². The molecular formula is C19H25N5O2. The van der Waals surface area contributed by atoms with Crippen LogP contribution in [0.4, 0.5) is 0 Å². The van der Waals surface area contributed by atoms with E-state index in [0.29, 0.717) is 12.0 Å². The fourth-order valence-corrected chi connectivity index (χ4v) is 3.58. The van der Waals surface area contributed by atoms with Gasteiger partial charge in [0.1, 0.15) is 16.9 Å². The maximum absolute atomic E-state index is 8.70. The third-order valence-corrected chi connectivity index (χ3v) is 5.30. The number of rotatable bonds is 5. The average Bonchev–Trinajstić information content (AvgIpc) is 3.25. The van der Waals surface area contributed by atoms with E-state index in [9.17, 15) is 0 Å². The molecule has 4 rings (SSSR count). The maximum Gasteiger partial charge on any atom is 0.146 e. The van der Waals surface area contributed by atoms with Gasteiger partial charge in [-0.2, -0.15) is 0 Å². The van der Waals surface area contributed by atoms with Gasteiger partial charge < -0.3 is 18.3 Å². The Balaban J connectivity index is 1.64. The van der Waals surface area contributed by atoms with Gasteiger partial charge in [-0.15, -0.1) is 0 Å². The number of nitrogens with zero attached hydrogens (tertiary/aromatic N) is 4. The van der Waals surface area contributed by atoms with Crippen molar-refractivity contribution in [3.05, 3.63) is 47.2 Å². The zero-order valence-electron chi connectivity index (χ0n) is 15.4. The monoisotopic (exact) mass is 355 g/mol. The molecule has 1 fully saturated rings. The van der Waals surface area contributed by atoms with Crippen molar-refractivity contribution in [3.63, 3.8) is 0 Å². The Morgan fingerprint density at radius 1 is 1.19 bits per heavy atom. The smallest absolute Gasteiger partial charge is 0.146 e. The van der Waals surface area contributed by atoms with Crippen LogP contribution in [0, 0.1) is 19.3 Å². The van der Waals surface area contributed by atoms with Crippen LogP contribution < -0.4 is 5.49 Å². The third-order valence-electron chi connectivity index (χ3n) is 5.30. The molecule has 1 saturated heterocycles. The first-order valence-corrected chi connectivity index (χ1v) is 9.07. The Morgan fingerprint density at radius 2 is 2.00 bits per heavy atom. The van der Waals surface area contributed by atoms with E-state index in [1.807, 2.05) is 16.7 Å². The van der Waals surface area contributed by atoms with Gasteiger partial charge in [-0.1, -0.05) is 0 Å². The van der Waals surface area contributed by atoms with Crippen molar-refractivity contribution in [2.24, 2.45) is 0 Å².